The molecule has 0 aliphatic carbocycles. The van der Waals surface area contributed by atoms with E-state index < -0.39 is 6.10 Å². The second-order valence-corrected chi connectivity index (χ2v) is 4.62. The number of rotatable bonds is 1. The fraction of sp³-hybridized carbons (Fsp3) is 0.357. The number of benzene rings is 1. The zero-order valence-electron chi connectivity index (χ0n) is 10.4. The van der Waals surface area contributed by atoms with E-state index in [0.717, 1.165) is 22.2 Å². The van der Waals surface area contributed by atoms with Crippen LogP contribution in [0.3, 0.4) is 0 Å². The van der Waals surface area contributed by atoms with Gasteiger partial charge in [-0.25, -0.2) is 4.98 Å². The van der Waals surface area contributed by atoms with E-state index in [-0.39, 0.29) is 6.10 Å². The summed E-state index contributed by atoms with van der Waals surface area (Å²) in [6, 6.07) is 7.62. The Morgan fingerprint density at radius 1 is 1.39 bits per heavy atom. The topological polar surface area (TPSA) is 51.6 Å². The van der Waals surface area contributed by atoms with Crippen LogP contribution in [0.25, 0.3) is 10.9 Å². The standard InChI is InChI=1S/C14H15NO3/c1-8-5-13(16)11-6-9-3-4-10(17-2)7-12(9)15-14(11)18-8/h3-4,6-8,13,16H,5H2,1-2H3/t8-,13+/m1/s1. The van der Waals surface area contributed by atoms with Crippen molar-refractivity contribution in [3.63, 3.8) is 0 Å². The summed E-state index contributed by atoms with van der Waals surface area (Å²) >= 11 is 0. The first kappa shape index (κ1) is 11.3. The van der Waals surface area contributed by atoms with Crippen molar-refractivity contribution in [2.24, 2.45) is 0 Å². The molecule has 3 rings (SSSR count). The quantitative estimate of drug-likeness (QED) is 0.838. The average Bonchev–Trinajstić information content (AvgIpc) is 2.36. The Kier molecular flexibility index (Phi) is 2.59. The van der Waals surface area contributed by atoms with Crippen molar-refractivity contribution in [3.05, 3.63) is 29.8 Å². The molecular weight excluding hydrogens is 230 g/mol. The van der Waals surface area contributed by atoms with E-state index in [1.165, 1.54) is 0 Å². The summed E-state index contributed by atoms with van der Waals surface area (Å²) in [7, 11) is 1.63. The van der Waals surface area contributed by atoms with Crippen LogP contribution in [-0.2, 0) is 0 Å². The molecule has 4 heteroatoms. The van der Waals surface area contributed by atoms with Crippen molar-refractivity contribution >= 4 is 10.9 Å². The highest BCUT2D eigenvalue weighted by Gasteiger charge is 2.25. The minimum absolute atomic E-state index is 0.0111. The lowest BCUT2D eigenvalue weighted by molar-refractivity contribution is 0.0713. The van der Waals surface area contributed by atoms with E-state index in [4.69, 9.17) is 9.47 Å². The lowest BCUT2D eigenvalue weighted by atomic mass is 10.0. The molecular formula is C14H15NO3. The first-order valence-corrected chi connectivity index (χ1v) is 6.01. The van der Waals surface area contributed by atoms with E-state index in [2.05, 4.69) is 4.98 Å². The normalized spacial score (nSPS) is 22.4. The summed E-state index contributed by atoms with van der Waals surface area (Å²) in [4.78, 5) is 4.46. The van der Waals surface area contributed by atoms with Gasteiger partial charge < -0.3 is 14.6 Å². The highest BCUT2D eigenvalue weighted by Crippen LogP contribution is 2.35. The number of aromatic nitrogens is 1. The van der Waals surface area contributed by atoms with E-state index >= 15 is 0 Å². The molecule has 1 N–H and O–H groups in total. The van der Waals surface area contributed by atoms with E-state index in [1.54, 1.807) is 7.11 Å². The molecule has 2 heterocycles. The number of methoxy groups -OCH3 is 1. The van der Waals surface area contributed by atoms with Crippen molar-refractivity contribution in [1.29, 1.82) is 0 Å². The van der Waals surface area contributed by atoms with Crippen molar-refractivity contribution in [3.8, 4) is 11.6 Å². The van der Waals surface area contributed by atoms with Gasteiger partial charge in [-0.3, -0.25) is 0 Å². The van der Waals surface area contributed by atoms with Gasteiger partial charge in [0.05, 0.1) is 18.7 Å². The predicted molar refractivity (Wildman–Crippen MR) is 68.0 cm³/mol. The van der Waals surface area contributed by atoms with Gasteiger partial charge in [-0.1, -0.05) is 0 Å². The molecule has 1 aromatic carbocycles. The van der Waals surface area contributed by atoms with Crippen LogP contribution >= 0.6 is 0 Å². The van der Waals surface area contributed by atoms with Gasteiger partial charge in [0.2, 0.25) is 5.88 Å². The average molecular weight is 245 g/mol. The molecule has 4 nitrogen and oxygen atoms in total. The lowest BCUT2D eigenvalue weighted by Gasteiger charge is -2.26. The molecule has 1 aliphatic rings. The number of pyridine rings is 1. The van der Waals surface area contributed by atoms with Crippen molar-refractivity contribution in [1.82, 2.24) is 4.98 Å². The van der Waals surface area contributed by atoms with Gasteiger partial charge in [-0.05, 0) is 25.1 Å². The molecule has 0 radical (unpaired) electrons. The Morgan fingerprint density at radius 2 is 2.22 bits per heavy atom. The third kappa shape index (κ3) is 1.78. The molecule has 0 spiro atoms. The Hall–Kier alpha value is -1.81. The van der Waals surface area contributed by atoms with Crippen LogP contribution in [0.5, 0.6) is 11.6 Å². The number of fused-ring (bicyclic) bond motifs is 2. The second kappa shape index (κ2) is 4.14. The highest BCUT2D eigenvalue weighted by atomic mass is 16.5. The van der Waals surface area contributed by atoms with Gasteiger partial charge >= 0.3 is 0 Å². The number of hydrogen-bond donors (Lipinski definition) is 1. The number of nitrogens with zero attached hydrogens (tertiary/aromatic N) is 1. The molecule has 0 unspecified atom stereocenters. The van der Waals surface area contributed by atoms with Crippen LogP contribution in [0, 0.1) is 0 Å². The molecule has 1 aliphatic heterocycles. The van der Waals surface area contributed by atoms with E-state index in [1.807, 2.05) is 31.2 Å². The zero-order valence-corrected chi connectivity index (χ0v) is 10.4. The number of aliphatic hydroxyl groups is 1. The fourth-order valence-corrected chi connectivity index (χ4v) is 2.29. The van der Waals surface area contributed by atoms with Crippen LogP contribution in [0.2, 0.25) is 0 Å². The van der Waals surface area contributed by atoms with Crippen LogP contribution in [-0.4, -0.2) is 23.3 Å². The first-order valence-electron chi connectivity index (χ1n) is 6.01. The van der Waals surface area contributed by atoms with E-state index in [9.17, 15) is 5.11 Å². The summed E-state index contributed by atoms with van der Waals surface area (Å²) in [6.07, 6.45) is 0.0990. The van der Waals surface area contributed by atoms with Crippen LogP contribution in [0.4, 0.5) is 0 Å². The minimum Gasteiger partial charge on any atom is -0.497 e. The molecule has 2 atom stereocenters. The van der Waals surface area contributed by atoms with E-state index in [0.29, 0.717) is 12.3 Å². The molecule has 0 saturated carbocycles. The largest absolute Gasteiger partial charge is 0.497 e. The molecule has 18 heavy (non-hydrogen) atoms. The fourth-order valence-electron chi connectivity index (χ4n) is 2.29. The Balaban J connectivity index is 2.17. The maximum atomic E-state index is 10.0. The smallest absolute Gasteiger partial charge is 0.220 e. The van der Waals surface area contributed by atoms with Gasteiger partial charge in [0.1, 0.15) is 11.9 Å². The summed E-state index contributed by atoms with van der Waals surface area (Å²) in [5, 5.41) is 11.0. The molecule has 0 amide bonds. The van der Waals surface area contributed by atoms with Gasteiger partial charge in [0, 0.05) is 23.4 Å². The predicted octanol–water partition coefficient (Wildman–Crippen LogP) is 2.45. The van der Waals surface area contributed by atoms with Gasteiger partial charge in [0.25, 0.3) is 0 Å². The van der Waals surface area contributed by atoms with Gasteiger partial charge in [-0.15, -0.1) is 0 Å². The van der Waals surface area contributed by atoms with Crippen LogP contribution in [0.15, 0.2) is 24.3 Å². The maximum absolute atomic E-state index is 10.0. The number of hydrogen-bond acceptors (Lipinski definition) is 4. The van der Waals surface area contributed by atoms with Crippen molar-refractivity contribution < 1.29 is 14.6 Å². The molecule has 2 aromatic rings. The summed E-state index contributed by atoms with van der Waals surface area (Å²) < 4.78 is 10.9. The third-order valence-corrected chi connectivity index (χ3v) is 3.24. The lowest BCUT2D eigenvalue weighted by Crippen LogP contribution is -2.23. The minimum atomic E-state index is -0.497. The van der Waals surface area contributed by atoms with Crippen LogP contribution < -0.4 is 9.47 Å². The summed E-state index contributed by atoms with van der Waals surface area (Å²) in [5.74, 6) is 1.29. The third-order valence-electron chi connectivity index (χ3n) is 3.24. The molecule has 0 fully saturated rings. The second-order valence-electron chi connectivity index (χ2n) is 4.62. The van der Waals surface area contributed by atoms with Crippen molar-refractivity contribution in [2.45, 2.75) is 25.6 Å². The molecule has 1 aromatic heterocycles. The monoisotopic (exact) mass is 245 g/mol. The Morgan fingerprint density at radius 3 is 3.00 bits per heavy atom. The van der Waals surface area contributed by atoms with Crippen molar-refractivity contribution in [2.75, 3.05) is 7.11 Å². The summed E-state index contributed by atoms with van der Waals surface area (Å²) in [5.41, 5.74) is 1.58. The van der Waals surface area contributed by atoms with Crippen LogP contribution in [0.1, 0.15) is 25.0 Å². The Bertz CT molecular complexity index is 597. The molecule has 0 saturated heterocycles. The zero-order chi connectivity index (χ0) is 12.7. The van der Waals surface area contributed by atoms with Gasteiger partial charge in [-0.2, -0.15) is 0 Å². The number of ether oxygens (including phenoxy) is 2. The highest BCUT2D eigenvalue weighted by molar-refractivity contribution is 5.81. The molecule has 0 bridgehead atoms. The summed E-state index contributed by atoms with van der Waals surface area (Å²) in [6.45, 7) is 1.93. The SMILES string of the molecule is COc1ccc2cc3c(nc2c1)O[C@H](C)C[C@@H]3O. The molecule has 94 valence electrons. The Labute approximate surface area is 105 Å². The first-order chi connectivity index (χ1) is 8.67. The van der Waals surface area contributed by atoms with Gasteiger partial charge in [0.15, 0.2) is 0 Å². The number of aliphatic hydroxyl groups excluding tert-OH is 1. The maximum Gasteiger partial charge on any atom is 0.220 e.